The van der Waals surface area contributed by atoms with Gasteiger partial charge in [0.15, 0.2) is 0 Å². The molecule has 0 fully saturated rings. The van der Waals surface area contributed by atoms with Gasteiger partial charge in [0.05, 0.1) is 17.6 Å². The Morgan fingerprint density at radius 1 is 1.33 bits per heavy atom. The Kier molecular flexibility index (Phi) is 6.76. The SMILES string of the molecule is CNC(C)c1ccc(S(=O)(=O)N(C)CC(O)COC)cc1. The molecule has 0 spiro atoms. The van der Waals surface area contributed by atoms with Gasteiger partial charge in [0.2, 0.25) is 10.0 Å². The van der Waals surface area contributed by atoms with Crippen LogP contribution in [0.3, 0.4) is 0 Å². The minimum absolute atomic E-state index is 0.00908. The predicted octanol–water partition coefficient (Wildman–Crippen LogP) is 0.595. The lowest BCUT2D eigenvalue weighted by atomic mass is 10.1. The van der Waals surface area contributed by atoms with Crippen molar-refractivity contribution in [2.24, 2.45) is 0 Å². The summed E-state index contributed by atoms with van der Waals surface area (Å²) in [6.45, 7) is 2.08. The van der Waals surface area contributed by atoms with Gasteiger partial charge in [-0.15, -0.1) is 0 Å². The number of rotatable bonds is 8. The molecule has 2 atom stereocenters. The third kappa shape index (κ3) is 4.76. The van der Waals surface area contributed by atoms with E-state index >= 15 is 0 Å². The zero-order chi connectivity index (χ0) is 16.0. The summed E-state index contributed by atoms with van der Waals surface area (Å²) >= 11 is 0. The first-order valence-electron chi connectivity index (χ1n) is 6.73. The summed E-state index contributed by atoms with van der Waals surface area (Å²) in [6, 6.07) is 6.89. The monoisotopic (exact) mass is 316 g/mol. The number of hydrogen-bond donors (Lipinski definition) is 2. The lowest BCUT2D eigenvalue weighted by Gasteiger charge is -2.20. The summed E-state index contributed by atoms with van der Waals surface area (Å²) in [4.78, 5) is 0.210. The highest BCUT2D eigenvalue weighted by molar-refractivity contribution is 7.89. The molecule has 0 aliphatic heterocycles. The predicted molar refractivity (Wildman–Crippen MR) is 81.6 cm³/mol. The van der Waals surface area contributed by atoms with E-state index in [9.17, 15) is 13.5 Å². The lowest BCUT2D eigenvalue weighted by molar-refractivity contribution is 0.0554. The molecular formula is C14H24N2O4S. The fraction of sp³-hybridized carbons (Fsp3) is 0.571. The van der Waals surface area contributed by atoms with Crippen LogP contribution in [0.2, 0.25) is 0 Å². The van der Waals surface area contributed by atoms with E-state index < -0.39 is 16.1 Å². The molecular weight excluding hydrogens is 292 g/mol. The smallest absolute Gasteiger partial charge is 0.242 e. The van der Waals surface area contributed by atoms with Gasteiger partial charge in [0, 0.05) is 26.7 Å². The van der Waals surface area contributed by atoms with Crippen LogP contribution in [0, 0.1) is 0 Å². The van der Waals surface area contributed by atoms with E-state index in [1.54, 1.807) is 24.3 Å². The molecule has 2 unspecified atom stereocenters. The van der Waals surface area contributed by atoms with E-state index in [2.05, 4.69) is 5.32 Å². The van der Waals surface area contributed by atoms with E-state index in [0.717, 1.165) is 9.87 Å². The number of ether oxygens (including phenoxy) is 1. The van der Waals surface area contributed by atoms with E-state index in [-0.39, 0.29) is 24.1 Å². The van der Waals surface area contributed by atoms with E-state index in [1.165, 1.54) is 14.2 Å². The summed E-state index contributed by atoms with van der Waals surface area (Å²) in [5.41, 5.74) is 1.01. The molecule has 0 aliphatic rings. The first kappa shape index (κ1) is 18.1. The van der Waals surface area contributed by atoms with E-state index in [0.29, 0.717) is 0 Å². The van der Waals surface area contributed by atoms with Crippen molar-refractivity contribution >= 4 is 10.0 Å². The van der Waals surface area contributed by atoms with Gasteiger partial charge in [-0.25, -0.2) is 8.42 Å². The van der Waals surface area contributed by atoms with Crippen molar-refractivity contribution in [2.75, 3.05) is 34.4 Å². The average molecular weight is 316 g/mol. The van der Waals surface area contributed by atoms with Crippen LogP contribution in [-0.4, -0.2) is 58.3 Å². The third-order valence-corrected chi connectivity index (χ3v) is 5.19. The van der Waals surface area contributed by atoms with Crippen molar-refractivity contribution < 1.29 is 18.3 Å². The largest absolute Gasteiger partial charge is 0.389 e. The van der Waals surface area contributed by atoms with Crippen LogP contribution < -0.4 is 5.32 Å². The van der Waals surface area contributed by atoms with Crippen LogP contribution in [0.1, 0.15) is 18.5 Å². The molecule has 2 N–H and O–H groups in total. The molecule has 21 heavy (non-hydrogen) atoms. The third-order valence-electron chi connectivity index (χ3n) is 3.35. The van der Waals surface area contributed by atoms with Crippen LogP contribution in [0.5, 0.6) is 0 Å². The van der Waals surface area contributed by atoms with Crippen molar-refractivity contribution in [1.82, 2.24) is 9.62 Å². The molecule has 120 valence electrons. The van der Waals surface area contributed by atoms with Crippen molar-refractivity contribution in [3.8, 4) is 0 Å². The minimum atomic E-state index is -3.60. The van der Waals surface area contributed by atoms with E-state index in [4.69, 9.17) is 4.74 Å². The molecule has 0 amide bonds. The number of methoxy groups -OCH3 is 1. The second-order valence-electron chi connectivity index (χ2n) is 4.97. The Labute approximate surface area is 126 Å². The maximum absolute atomic E-state index is 12.4. The van der Waals surface area contributed by atoms with Crippen molar-refractivity contribution in [1.29, 1.82) is 0 Å². The van der Waals surface area contributed by atoms with Gasteiger partial charge in [-0.1, -0.05) is 12.1 Å². The average Bonchev–Trinajstić information content (AvgIpc) is 2.46. The zero-order valence-electron chi connectivity index (χ0n) is 12.9. The van der Waals surface area contributed by atoms with Crippen LogP contribution >= 0.6 is 0 Å². The van der Waals surface area contributed by atoms with Gasteiger partial charge >= 0.3 is 0 Å². The molecule has 0 heterocycles. The van der Waals surface area contributed by atoms with Gasteiger partial charge in [-0.3, -0.25) is 0 Å². The first-order valence-corrected chi connectivity index (χ1v) is 8.17. The number of hydrogen-bond acceptors (Lipinski definition) is 5. The number of aliphatic hydroxyl groups is 1. The molecule has 0 aliphatic carbocycles. The fourth-order valence-corrected chi connectivity index (χ4v) is 3.12. The number of likely N-dealkylation sites (N-methyl/N-ethyl adjacent to an activating group) is 1. The van der Waals surface area contributed by atoms with Crippen molar-refractivity contribution in [3.63, 3.8) is 0 Å². The number of sulfonamides is 1. The molecule has 0 aromatic heterocycles. The second kappa shape index (κ2) is 7.86. The second-order valence-corrected chi connectivity index (χ2v) is 7.02. The molecule has 0 saturated carbocycles. The molecule has 7 heteroatoms. The number of nitrogens with one attached hydrogen (secondary N) is 1. The normalized spacial score (nSPS) is 15.1. The summed E-state index contributed by atoms with van der Waals surface area (Å²) in [5.74, 6) is 0. The van der Waals surface area contributed by atoms with Gasteiger partial charge in [0.25, 0.3) is 0 Å². The summed E-state index contributed by atoms with van der Waals surface area (Å²) in [7, 11) is 1.14. The molecule has 0 saturated heterocycles. The Morgan fingerprint density at radius 2 is 1.90 bits per heavy atom. The highest BCUT2D eigenvalue weighted by Crippen LogP contribution is 2.18. The van der Waals surface area contributed by atoms with Crippen LogP contribution in [0.25, 0.3) is 0 Å². The van der Waals surface area contributed by atoms with Crippen LogP contribution in [0.4, 0.5) is 0 Å². The molecule has 1 aromatic rings. The fourth-order valence-electron chi connectivity index (χ4n) is 1.92. The number of benzene rings is 1. The lowest BCUT2D eigenvalue weighted by Crippen LogP contribution is -2.36. The zero-order valence-corrected chi connectivity index (χ0v) is 13.7. The van der Waals surface area contributed by atoms with Crippen molar-refractivity contribution in [3.05, 3.63) is 29.8 Å². The topological polar surface area (TPSA) is 78.9 Å². The van der Waals surface area contributed by atoms with Crippen LogP contribution in [0.15, 0.2) is 29.2 Å². The highest BCUT2D eigenvalue weighted by atomic mass is 32.2. The maximum Gasteiger partial charge on any atom is 0.242 e. The number of aliphatic hydroxyl groups excluding tert-OH is 1. The quantitative estimate of drug-likeness (QED) is 0.734. The first-order chi connectivity index (χ1) is 9.82. The van der Waals surface area contributed by atoms with E-state index in [1.807, 2.05) is 14.0 Å². The van der Waals surface area contributed by atoms with Gasteiger partial charge in [0.1, 0.15) is 0 Å². The van der Waals surface area contributed by atoms with Crippen LogP contribution in [-0.2, 0) is 14.8 Å². The standard InChI is InChI=1S/C14H24N2O4S/c1-11(15-2)12-5-7-14(8-6-12)21(18,19)16(3)9-13(17)10-20-4/h5-8,11,13,15,17H,9-10H2,1-4H3. The summed E-state index contributed by atoms with van der Waals surface area (Å²) < 4.78 is 30.7. The molecule has 1 rings (SSSR count). The molecule has 1 aromatic carbocycles. The Bertz CT molecular complexity index is 530. The molecule has 6 nitrogen and oxygen atoms in total. The minimum Gasteiger partial charge on any atom is -0.389 e. The summed E-state index contributed by atoms with van der Waals surface area (Å²) in [5, 5.41) is 12.7. The Balaban J connectivity index is 2.87. The Morgan fingerprint density at radius 3 is 2.38 bits per heavy atom. The Hall–Kier alpha value is -0.990. The van der Waals surface area contributed by atoms with Crippen molar-refractivity contribution in [2.45, 2.75) is 24.0 Å². The van der Waals surface area contributed by atoms with Gasteiger partial charge in [-0.05, 0) is 31.7 Å². The molecule has 0 bridgehead atoms. The summed E-state index contributed by atoms with van der Waals surface area (Å²) in [6.07, 6.45) is -0.849. The van der Waals surface area contributed by atoms with Gasteiger partial charge in [-0.2, -0.15) is 4.31 Å². The maximum atomic E-state index is 12.4. The van der Waals surface area contributed by atoms with Gasteiger partial charge < -0.3 is 15.2 Å². The molecule has 0 radical (unpaired) electrons. The highest BCUT2D eigenvalue weighted by Gasteiger charge is 2.23. The number of nitrogens with zero attached hydrogens (tertiary/aromatic N) is 1.